The number of nitrogens with zero attached hydrogens (tertiary/aromatic N) is 1. The van der Waals surface area contributed by atoms with Crippen LogP contribution in [0.3, 0.4) is 0 Å². The Labute approximate surface area is 203 Å². The Morgan fingerprint density at radius 1 is 0.944 bits per heavy atom. The van der Waals surface area contributed by atoms with E-state index in [0.717, 1.165) is 5.56 Å². The highest BCUT2D eigenvalue weighted by molar-refractivity contribution is 5.43. The Bertz CT molecular complexity index is 1140. The number of benzene rings is 2. The number of aromatic nitrogens is 2. The van der Waals surface area contributed by atoms with Crippen molar-refractivity contribution in [3.63, 3.8) is 0 Å². The third-order valence-electron chi connectivity index (χ3n) is 5.77. The largest absolute Gasteiger partial charge is 0.489 e. The van der Waals surface area contributed by atoms with Crippen LogP contribution in [0.15, 0.2) is 54.6 Å². The van der Waals surface area contributed by atoms with Gasteiger partial charge >= 0.3 is 6.18 Å². The van der Waals surface area contributed by atoms with Gasteiger partial charge < -0.3 is 34.6 Å². The standard InChI is InChI=1S/C24H25F3N2O7/c25-24(26,27)21-15(10-14-8-4-5-9-16(14)34-12-13-6-2-1-3-7-13)22(29-28-21)36-23-20(33)19(32)18(31)17(11-30)35-23/h1-9,17-20,23,30-33H,10-12H2,(H,28,29)/t17-,18-,19+,20-,23?/m1/s1. The first kappa shape index (κ1) is 25.9. The molecule has 1 fully saturated rings. The van der Waals surface area contributed by atoms with E-state index in [9.17, 15) is 33.6 Å². The molecular formula is C24H25F3N2O7. The summed E-state index contributed by atoms with van der Waals surface area (Å²) < 4.78 is 57.9. The molecule has 5 atom stereocenters. The zero-order chi connectivity index (χ0) is 25.9. The maximum atomic E-state index is 13.8. The van der Waals surface area contributed by atoms with Crippen LogP contribution in [0.2, 0.25) is 0 Å². The van der Waals surface area contributed by atoms with Crippen molar-refractivity contribution in [1.82, 2.24) is 10.2 Å². The van der Waals surface area contributed by atoms with Crippen LogP contribution in [0.5, 0.6) is 11.6 Å². The number of nitrogens with one attached hydrogen (secondary N) is 1. The molecule has 0 radical (unpaired) electrons. The summed E-state index contributed by atoms with van der Waals surface area (Å²) in [5.74, 6) is -0.168. The molecule has 0 aliphatic carbocycles. The zero-order valence-electron chi connectivity index (χ0n) is 18.8. The van der Waals surface area contributed by atoms with E-state index in [1.54, 1.807) is 24.3 Å². The highest BCUT2D eigenvalue weighted by atomic mass is 19.4. The highest BCUT2D eigenvalue weighted by Gasteiger charge is 2.46. The number of hydrogen-bond acceptors (Lipinski definition) is 8. The summed E-state index contributed by atoms with van der Waals surface area (Å²) in [6, 6.07) is 15.8. The van der Waals surface area contributed by atoms with Gasteiger partial charge in [-0.25, -0.2) is 0 Å². The fraction of sp³-hybridized carbons (Fsp3) is 0.375. The first-order valence-corrected chi connectivity index (χ1v) is 11.0. The van der Waals surface area contributed by atoms with Gasteiger partial charge in [0, 0.05) is 6.42 Å². The van der Waals surface area contributed by atoms with Crippen LogP contribution in [-0.4, -0.2) is 67.9 Å². The SMILES string of the molecule is OC[C@H]1OC(Oc2n[nH]c(C(F)(F)F)c2Cc2ccccc2OCc2ccccc2)[C@H](O)[C@@H](O)[C@@H]1O. The third kappa shape index (κ3) is 5.63. The van der Waals surface area contributed by atoms with Gasteiger partial charge in [-0.3, -0.25) is 5.10 Å². The summed E-state index contributed by atoms with van der Waals surface area (Å²) in [5.41, 5.74) is -0.257. The topological polar surface area (TPSA) is 137 Å². The molecule has 0 spiro atoms. The van der Waals surface area contributed by atoms with Crippen molar-refractivity contribution in [3.05, 3.63) is 77.0 Å². The summed E-state index contributed by atoms with van der Waals surface area (Å²) in [6.45, 7) is -0.526. The van der Waals surface area contributed by atoms with Crippen LogP contribution in [0.1, 0.15) is 22.4 Å². The van der Waals surface area contributed by atoms with Crippen molar-refractivity contribution >= 4 is 0 Å². The van der Waals surface area contributed by atoms with Crippen LogP contribution in [0, 0.1) is 0 Å². The first-order chi connectivity index (χ1) is 17.2. The Hall–Kier alpha value is -3.16. The van der Waals surface area contributed by atoms with E-state index in [4.69, 9.17) is 14.2 Å². The number of ether oxygens (including phenoxy) is 3. The number of para-hydroxylation sites is 1. The number of aromatic amines is 1. The van der Waals surface area contributed by atoms with E-state index in [1.807, 2.05) is 35.4 Å². The second kappa shape index (κ2) is 10.8. The number of alkyl halides is 3. The minimum Gasteiger partial charge on any atom is -0.489 e. The number of hydrogen-bond donors (Lipinski definition) is 5. The third-order valence-corrected chi connectivity index (χ3v) is 5.77. The molecule has 0 bridgehead atoms. The minimum atomic E-state index is -4.81. The average Bonchev–Trinajstić information content (AvgIpc) is 3.27. The Kier molecular flexibility index (Phi) is 7.81. The van der Waals surface area contributed by atoms with Crippen LogP contribution >= 0.6 is 0 Å². The van der Waals surface area contributed by atoms with E-state index < -0.39 is 55.1 Å². The molecule has 4 rings (SSSR count). The van der Waals surface area contributed by atoms with E-state index in [-0.39, 0.29) is 18.6 Å². The fourth-order valence-electron chi connectivity index (χ4n) is 3.84. The summed E-state index contributed by atoms with van der Waals surface area (Å²) in [7, 11) is 0. The monoisotopic (exact) mass is 510 g/mol. The average molecular weight is 510 g/mol. The van der Waals surface area contributed by atoms with Gasteiger partial charge in [0.1, 0.15) is 42.5 Å². The summed E-state index contributed by atoms with van der Waals surface area (Å²) in [6.07, 6.45) is -13.3. The normalized spacial score (nSPS) is 24.5. The lowest BCUT2D eigenvalue weighted by molar-refractivity contribution is -0.278. The molecule has 5 N–H and O–H groups in total. The lowest BCUT2D eigenvalue weighted by atomic mass is 9.99. The minimum absolute atomic E-state index is 0.198. The number of H-pyrrole nitrogens is 1. The molecule has 3 aromatic rings. The predicted octanol–water partition coefficient (Wildman–Crippen LogP) is 1.78. The smallest absolute Gasteiger partial charge is 0.433 e. The van der Waals surface area contributed by atoms with Crippen molar-refractivity contribution in [1.29, 1.82) is 0 Å². The first-order valence-electron chi connectivity index (χ1n) is 11.0. The molecule has 1 saturated heterocycles. The lowest BCUT2D eigenvalue weighted by Crippen LogP contribution is -2.60. The number of rotatable bonds is 8. The Balaban J connectivity index is 1.61. The summed E-state index contributed by atoms with van der Waals surface area (Å²) >= 11 is 0. The van der Waals surface area contributed by atoms with Gasteiger partial charge in [0.25, 0.3) is 0 Å². The molecular weight excluding hydrogens is 485 g/mol. The van der Waals surface area contributed by atoms with E-state index >= 15 is 0 Å². The van der Waals surface area contributed by atoms with Crippen LogP contribution in [0.4, 0.5) is 13.2 Å². The molecule has 1 unspecified atom stereocenters. The van der Waals surface area contributed by atoms with Gasteiger partial charge in [0.2, 0.25) is 12.2 Å². The summed E-state index contributed by atoms with van der Waals surface area (Å²) in [5, 5.41) is 45.0. The molecule has 2 heterocycles. The van der Waals surface area contributed by atoms with Gasteiger partial charge in [-0.1, -0.05) is 48.5 Å². The number of aliphatic hydroxyl groups is 4. The quantitative estimate of drug-likeness (QED) is 0.309. The number of halogens is 3. The van der Waals surface area contributed by atoms with Gasteiger partial charge in [-0.15, -0.1) is 5.10 Å². The fourth-order valence-corrected chi connectivity index (χ4v) is 3.84. The van der Waals surface area contributed by atoms with E-state index in [1.165, 1.54) is 0 Å². The molecule has 0 amide bonds. The van der Waals surface area contributed by atoms with Gasteiger partial charge in [0.05, 0.1) is 12.2 Å². The molecule has 1 aromatic heterocycles. The van der Waals surface area contributed by atoms with Gasteiger partial charge in [-0.05, 0) is 17.2 Å². The molecule has 9 nitrogen and oxygen atoms in total. The van der Waals surface area contributed by atoms with Crippen molar-refractivity contribution in [2.24, 2.45) is 0 Å². The predicted molar refractivity (Wildman–Crippen MR) is 118 cm³/mol. The molecule has 36 heavy (non-hydrogen) atoms. The second-order valence-electron chi connectivity index (χ2n) is 8.25. The lowest BCUT2D eigenvalue weighted by Gasteiger charge is -2.39. The van der Waals surface area contributed by atoms with Crippen molar-refractivity contribution in [2.75, 3.05) is 6.61 Å². The molecule has 2 aromatic carbocycles. The maximum Gasteiger partial charge on any atom is 0.433 e. The van der Waals surface area contributed by atoms with Gasteiger partial charge in [-0.2, -0.15) is 13.2 Å². The van der Waals surface area contributed by atoms with Crippen molar-refractivity contribution in [3.8, 4) is 11.6 Å². The van der Waals surface area contributed by atoms with Crippen LogP contribution in [0.25, 0.3) is 0 Å². The second-order valence-corrected chi connectivity index (χ2v) is 8.25. The highest BCUT2D eigenvalue weighted by Crippen LogP contribution is 2.38. The van der Waals surface area contributed by atoms with E-state index in [2.05, 4.69) is 5.10 Å². The molecule has 0 saturated carbocycles. The number of aliphatic hydroxyl groups excluding tert-OH is 4. The van der Waals surface area contributed by atoms with Crippen LogP contribution in [-0.2, 0) is 23.9 Å². The van der Waals surface area contributed by atoms with Gasteiger partial charge in [0.15, 0.2) is 0 Å². The Morgan fingerprint density at radius 2 is 1.64 bits per heavy atom. The van der Waals surface area contributed by atoms with Crippen molar-refractivity contribution < 1.29 is 47.8 Å². The molecule has 1 aliphatic rings. The van der Waals surface area contributed by atoms with Crippen LogP contribution < -0.4 is 9.47 Å². The molecule has 194 valence electrons. The van der Waals surface area contributed by atoms with E-state index in [0.29, 0.717) is 11.3 Å². The molecule has 1 aliphatic heterocycles. The Morgan fingerprint density at radius 3 is 2.33 bits per heavy atom. The zero-order valence-corrected chi connectivity index (χ0v) is 18.8. The maximum absolute atomic E-state index is 13.8. The molecule has 12 heteroatoms. The summed E-state index contributed by atoms with van der Waals surface area (Å²) in [4.78, 5) is 0. The van der Waals surface area contributed by atoms with Crippen molar-refractivity contribution in [2.45, 2.75) is 49.9 Å².